The fraction of sp³-hybridized carbons (Fsp3) is 0.286. The Bertz CT molecular complexity index is 508. The zero-order chi connectivity index (χ0) is 13.2. The van der Waals surface area contributed by atoms with E-state index in [-0.39, 0.29) is 0 Å². The molecule has 2 rings (SSSR count). The first kappa shape index (κ1) is 12.5. The smallest absolute Gasteiger partial charge is 0.116 e. The Hall–Kier alpha value is -1.94. The molecule has 0 bridgehead atoms. The molecule has 1 aliphatic rings. The normalized spacial score (nSPS) is 23.2. The molecule has 18 heavy (non-hydrogen) atoms. The van der Waals surface area contributed by atoms with E-state index in [0.29, 0.717) is 12.8 Å². The summed E-state index contributed by atoms with van der Waals surface area (Å²) in [6.07, 6.45) is 4.90. The second kappa shape index (κ2) is 4.74. The van der Waals surface area contributed by atoms with E-state index in [2.05, 4.69) is 0 Å². The van der Waals surface area contributed by atoms with Crippen molar-refractivity contribution in [1.82, 2.24) is 0 Å². The third-order valence-electron chi connectivity index (χ3n) is 3.15. The Morgan fingerprint density at radius 1 is 1.28 bits per heavy atom. The van der Waals surface area contributed by atoms with Gasteiger partial charge in [-0.3, -0.25) is 0 Å². The first-order chi connectivity index (χ1) is 8.53. The van der Waals surface area contributed by atoms with Crippen molar-refractivity contribution in [1.29, 1.82) is 0 Å². The monoisotopic (exact) mass is 245 g/mol. The fourth-order valence-corrected chi connectivity index (χ4v) is 2.35. The lowest BCUT2D eigenvalue weighted by Gasteiger charge is -2.33. The quantitative estimate of drug-likeness (QED) is 0.700. The van der Waals surface area contributed by atoms with Crippen molar-refractivity contribution < 1.29 is 4.74 Å². The van der Waals surface area contributed by atoms with Gasteiger partial charge in [-0.2, -0.15) is 0 Å². The maximum absolute atomic E-state index is 6.43. The molecule has 0 fully saturated rings. The van der Waals surface area contributed by atoms with Crippen LogP contribution in [0.15, 0.2) is 47.9 Å². The van der Waals surface area contributed by atoms with Crippen molar-refractivity contribution >= 4 is 5.69 Å². The number of methoxy groups -OCH3 is 1. The number of hydrogen-bond acceptors (Lipinski definition) is 4. The second-order valence-electron chi connectivity index (χ2n) is 4.73. The molecule has 1 atom stereocenters. The molecule has 1 unspecified atom stereocenters. The van der Waals surface area contributed by atoms with Gasteiger partial charge in [0.25, 0.3) is 0 Å². The van der Waals surface area contributed by atoms with Gasteiger partial charge in [-0.1, -0.05) is 12.1 Å². The SMILES string of the molecule is COC1=CC=C(N)CC1(N)Cc1cccc(N)c1. The van der Waals surface area contributed by atoms with Crippen LogP contribution in [0.4, 0.5) is 5.69 Å². The highest BCUT2D eigenvalue weighted by Crippen LogP contribution is 2.29. The zero-order valence-electron chi connectivity index (χ0n) is 10.5. The first-order valence-corrected chi connectivity index (χ1v) is 5.87. The van der Waals surface area contributed by atoms with Crippen molar-refractivity contribution in [2.45, 2.75) is 18.4 Å². The number of nitrogens with two attached hydrogens (primary N) is 3. The van der Waals surface area contributed by atoms with E-state index in [1.165, 1.54) is 0 Å². The van der Waals surface area contributed by atoms with Crippen LogP contribution in [0.2, 0.25) is 0 Å². The van der Waals surface area contributed by atoms with Gasteiger partial charge in [-0.25, -0.2) is 0 Å². The van der Waals surface area contributed by atoms with Gasteiger partial charge in [0.2, 0.25) is 0 Å². The van der Waals surface area contributed by atoms with E-state index in [4.69, 9.17) is 21.9 Å². The summed E-state index contributed by atoms with van der Waals surface area (Å²) in [5, 5.41) is 0. The van der Waals surface area contributed by atoms with Gasteiger partial charge in [0.15, 0.2) is 0 Å². The predicted octanol–water partition coefficient (Wildman–Crippen LogP) is 1.29. The zero-order valence-corrected chi connectivity index (χ0v) is 10.5. The molecule has 0 spiro atoms. The summed E-state index contributed by atoms with van der Waals surface area (Å²) in [5.74, 6) is 0.749. The van der Waals surface area contributed by atoms with E-state index >= 15 is 0 Å². The summed E-state index contributed by atoms with van der Waals surface area (Å²) in [6.45, 7) is 0. The summed E-state index contributed by atoms with van der Waals surface area (Å²) in [6, 6.07) is 7.71. The number of allylic oxidation sites excluding steroid dienone is 2. The number of rotatable bonds is 3. The van der Waals surface area contributed by atoms with Crippen LogP contribution in [0.25, 0.3) is 0 Å². The number of hydrogen-bond donors (Lipinski definition) is 3. The highest BCUT2D eigenvalue weighted by molar-refractivity contribution is 5.42. The fourth-order valence-electron chi connectivity index (χ4n) is 2.35. The highest BCUT2D eigenvalue weighted by atomic mass is 16.5. The minimum absolute atomic E-state index is 0.585. The van der Waals surface area contributed by atoms with Gasteiger partial charge >= 0.3 is 0 Å². The summed E-state index contributed by atoms with van der Waals surface area (Å²) in [5.41, 5.74) is 20.1. The van der Waals surface area contributed by atoms with E-state index < -0.39 is 5.54 Å². The van der Waals surface area contributed by atoms with Crippen molar-refractivity contribution in [3.63, 3.8) is 0 Å². The summed E-state index contributed by atoms with van der Waals surface area (Å²) in [4.78, 5) is 0. The maximum Gasteiger partial charge on any atom is 0.116 e. The lowest BCUT2D eigenvalue weighted by Crippen LogP contribution is -2.47. The Balaban J connectivity index is 2.26. The third kappa shape index (κ3) is 2.49. The average Bonchev–Trinajstić information content (AvgIpc) is 2.28. The number of benzene rings is 1. The van der Waals surface area contributed by atoms with E-state index in [0.717, 1.165) is 22.7 Å². The lowest BCUT2D eigenvalue weighted by molar-refractivity contribution is 0.215. The molecule has 1 aromatic rings. The molecule has 0 amide bonds. The average molecular weight is 245 g/mol. The van der Waals surface area contributed by atoms with Crippen molar-refractivity contribution in [3.8, 4) is 0 Å². The molecular weight excluding hydrogens is 226 g/mol. The Morgan fingerprint density at radius 3 is 2.72 bits per heavy atom. The molecule has 0 radical (unpaired) electrons. The highest BCUT2D eigenvalue weighted by Gasteiger charge is 2.33. The van der Waals surface area contributed by atoms with Gasteiger partial charge in [0, 0.05) is 17.8 Å². The van der Waals surface area contributed by atoms with E-state index in [1.54, 1.807) is 7.11 Å². The van der Waals surface area contributed by atoms with Gasteiger partial charge in [-0.15, -0.1) is 0 Å². The van der Waals surface area contributed by atoms with Gasteiger partial charge < -0.3 is 21.9 Å². The van der Waals surface area contributed by atoms with Crippen molar-refractivity contribution in [2.24, 2.45) is 11.5 Å². The molecular formula is C14H19N3O. The summed E-state index contributed by atoms with van der Waals surface area (Å²) >= 11 is 0. The third-order valence-corrected chi connectivity index (χ3v) is 3.15. The Labute approximate surface area is 107 Å². The van der Waals surface area contributed by atoms with E-state index in [1.807, 2.05) is 36.4 Å². The Morgan fingerprint density at radius 2 is 2.06 bits per heavy atom. The molecule has 0 heterocycles. The second-order valence-corrected chi connectivity index (χ2v) is 4.73. The maximum atomic E-state index is 6.43. The molecule has 0 aromatic heterocycles. The topological polar surface area (TPSA) is 87.3 Å². The summed E-state index contributed by atoms with van der Waals surface area (Å²) < 4.78 is 5.36. The van der Waals surface area contributed by atoms with Crippen LogP contribution in [0.1, 0.15) is 12.0 Å². The Kier molecular flexibility index (Phi) is 3.30. The lowest BCUT2D eigenvalue weighted by atomic mass is 9.82. The molecule has 4 nitrogen and oxygen atoms in total. The molecule has 0 aliphatic heterocycles. The van der Waals surface area contributed by atoms with Crippen LogP contribution in [0, 0.1) is 0 Å². The molecule has 0 saturated heterocycles. The van der Waals surface area contributed by atoms with Crippen LogP contribution in [-0.2, 0) is 11.2 Å². The van der Waals surface area contributed by atoms with Crippen LogP contribution in [0.3, 0.4) is 0 Å². The van der Waals surface area contributed by atoms with Gasteiger partial charge in [-0.05, 0) is 36.3 Å². The molecule has 96 valence electrons. The minimum atomic E-state index is -0.596. The standard InChI is InChI=1S/C14H19N3O/c1-18-13-6-5-12(16)9-14(13,17)8-10-3-2-4-11(15)7-10/h2-7H,8-9,15-17H2,1H3. The van der Waals surface area contributed by atoms with Crippen LogP contribution >= 0.6 is 0 Å². The van der Waals surface area contributed by atoms with Crippen molar-refractivity contribution in [2.75, 3.05) is 12.8 Å². The first-order valence-electron chi connectivity index (χ1n) is 5.87. The van der Waals surface area contributed by atoms with Gasteiger partial charge in [0.1, 0.15) is 5.76 Å². The van der Waals surface area contributed by atoms with Crippen molar-refractivity contribution in [3.05, 3.63) is 53.4 Å². The van der Waals surface area contributed by atoms with Crippen LogP contribution < -0.4 is 17.2 Å². The van der Waals surface area contributed by atoms with E-state index in [9.17, 15) is 0 Å². The summed E-state index contributed by atoms with van der Waals surface area (Å²) in [7, 11) is 1.63. The minimum Gasteiger partial charge on any atom is -0.499 e. The van der Waals surface area contributed by atoms with Crippen LogP contribution in [0.5, 0.6) is 0 Å². The number of ether oxygens (including phenoxy) is 1. The largest absolute Gasteiger partial charge is 0.499 e. The number of anilines is 1. The predicted molar refractivity (Wildman–Crippen MR) is 73.5 cm³/mol. The molecule has 0 saturated carbocycles. The van der Waals surface area contributed by atoms with Crippen LogP contribution in [-0.4, -0.2) is 12.6 Å². The molecule has 4 heteroatoms. The molecule has 1 aromatic carbocycles. The van der Waals surface area contributed by atoms with Gasteiger partial charge in [0.05, 0.1) is 12.6 Å². The molecule has 6 N–H and O–H groups in total. The molecule has 1 aliphatic carbocycles. The number of nitrogen functional groups attached to an aromatic ring is 1.